The third-order valence-electron chi connectivity index (χ3n) is 12.4. The van der Waals surface area contributed by atoms with Gasteiger partial charge in [-0.15, -0.1) is 0 Å². The lowest BCUT2D eigenvalue weighted by molar-refractivity contribution is -0.137. The third kappa shape index (κ3) is 20.5. The van der Waals surface area contributed by atoms with Crippen LogP contribution in [0.5, 0.6) is 5.75 Å². The van der Waals surface area contributed by atoms with Crippen LogP contribution in [0.2, 0.25) is 5.02 Å². The molecule has 8 rings (SSSR count). The molecular formula is C60H66ClF3N2O11S2. The van der Waals surface area contributed by atoms with Gasteiger partial charge in [0.25, 0.3) is 26.7 Å². The predicted molar refractivity (Wildman–Crippen MR) is 301 cm³/mol. The molecule has 0 saturated heterocycles. The minimum Gasteiger partial charge on any atom is -0.489 e. The average molecular weight is 1150 g/mol. The van der Waals surface area contributed by atoms with Crippen LogP contribution < -0.4 is 10.1 Å². The molecule has 19 heteroatoms. The Morgan fingerprint density at radius 2 is 1.32 bits per heavy atom. The van der Waals surface area contributed by atoms with Crippen molar-refractivity contribution in [2.75, 3.05) is 26.3 Å². The lowest BCUT2D eigenvalue weighted by Gasteiger charge is -2.14. The second-order valence-corrected chi connectivity index (χ2v) is 21.5. The van der Waals surface area contributed by atoms with Gasteiger partial charge in [-0.3, -0.25) is 18.9 Å². The summed E-state index contributed by atoms with van der Waals surface area (Å²) in [6, 6.07) is 37.7. The second-order valence-electron chi connectivity index (χ2n) is 18.4. The first-order chi connectivity index (χ1) is 37.7. The highest BCUT2D eigenvalue weighted by atomic mass is 35.5. The molecule has 0 bridgehead atoms. The van der Waals surface area contributed by atoms with E-state index < -0.39 is 41.8 Å². The number of carbonyl (C=O) groups is 2. The predicted octanol–water partition coefficient (Wildman–Crippen LogP) is 13.5. The zero-order chi connectivity index (χ0) is 57.4. The van der Waals surface area contributed by atoms with Gasteiger partial charge in [-0.05, 0) is 154 Å². The topological polar surface area (TPSA) is 195 Å². The van der Waals surface area contributed by atoms with Crippen molar-refractivity contribution in [3.63, 3.8) is 0 Å². The highest BCUT2D eigenvalue weighted by Gasteiger charge is 2.30. The number of halogens is 4. The maximum Gasteiger partial charge on any atom is 0.416 e. The number of hydrogen-bond acceptors (Lipinski definition) is 11. The normalized spacial score (nSPS) is 12.1. The van der Waals surface area contributed by atoms with Gasteiger partial charge in [0.05, 0.1) is 24.3 Å². The number of pyridine rings is 1. The molecule has 0 amide bonds. The quantitative estimate of drug-likeness (QED) is 0.0282. The summed E-state index contributed by atoms with van der Waals surface area (Å²) >= 11 is 6.51. The highest BCUT2D eigenvalue weighted by Crippen LogP contribution is 2.33. The summed E-state index contributed by atoms with van der Waals surface area (Å²) in [5, 5.41) is 4.00. The van der Waals surface area contributed by atoms with Crippen LogP contribution in [0, 0.1) is 6.92 Å². The molecular weight excluding hydrogens is 1080 g/mol. The van der Waals surface area contributed by atoms with E-state index in [1.807, 2.05) is 67.6 Å². The number of carbonyl (C=O) groups excluding carboxylic acids is 2. The van der Waals surface area contributed by atoms with Gasteiger partial charge < -0.3 is 19.5 Å². The molecule has 79 heavy (non-hydrogen) atoms. The lowest BCUT2D eigenvalue weighted by atomic mass is 9.96. The van der Waals surface area contributed by atoms with Crippen LogP contribution in [0.25, 0.3) is 21.9 Å². The maximum absolute atomic E-state index is 12.9. The molecule has 0 fully saturated rings. The largest absolute Gasteiger partial charge is 0.489 e. The summed E-state index contributed by atoms with van der Waals surface area (Å²) in [6.07, 6.45) is 6.24. The standard InChI is InChI=1S/C35H35ClF3NO3.C10H13N.C10H8O6S2.C5H10O2/c1-2-3-22-42-34(41)28-10-8-25(9-11-28)18-20-40-21-19-27-6-4-5-7-33(27)43-24-30-13-12-29(23-32(30)36)26-14-16-31(17-15-26)35(37,38)39;1-8-6-7-9-4-2-3-5-10(9)11-8;11-17(12,13)9-5-1-3-7-8(9)4-2-6-10(7)18(14,15)16;1-2-3-4-7-5-6/h4-17,23,40H,2-3,18-22,24H2,1H3;6-7H,2-5H2,1H3;1-6H,(H,11,12,13)(H,14,15,16);5H,2-4H2,1H3. The van der Waals surface area contributed by atoms with Gasteiger partial charge in [0, 0.05) is 32.7 Å². The van der Waals surface area contributed by atoms with Gasteiger partial charge in [-0.25, -0.2) is 4.79 Å². The third-order valence-corrected chi connectivity index (χ3v) is 14.6. The van der Waals surface area contributed by atoms with Crippen LogP contribution in [0.4, 0.5) is 13.2 Å². The summed E-state index contributed by atoms with van der Waals surface area (Å²) in [6.45, 7) is 9.50. The molecule has 1 heterocycles. The van der Waals surface area contributed by atoms with E-state index in [9.17, 15) is 39.6 Å². The van der Waals surface area contributed by atoms with Crippen LogP contribution >= 0.6 is 11.6 Å². The number of rotatable bonds is 20. The van der Waals surface area contributed by atoms with Crippen LogP contribution in [0.1, 0.15) is 102 Å². The molecule has 0 saturated carbocycles. The number of nitrogens with one attached hydrogen (secondary N) is 1. The number of nitrogens with zero attached hydrogens (tertiary/aromatic N) is 1. The van der Waals surface area contributed by atoms with E-state index in [2.05, 4.69) is 41.0 Å². The van der Waals surface area contributed by atoms with Gasteiger partial charge in [0.1, 0.15) is 22.1 Å². The molecule has 0 unspecified atom stereocenters. The summed E-state index contributed by atoms with van der Waals surface area (Å²) in [5.74, 6) is 0.491. The van der Waals surface area contributed by atoms with Crippen molar-refractivity contribution in [3.05, 3.63) is 189 Å². The van der Waals surface area contributed by atoms with Gasteiger partial charge in [-0.1, -0.05) is 123 Å². The molecule has 6 aromatic carbocycles. The Hall–Kier alpha value is -6.67. The van der Waals surface area contributed by atoms with Crippen molar-refractivity contribution in [2.45, 2.75) is 108 Å². The summed E-state index contributed by atoms with van der Waals surface area (Å²) in [4.78, 5) is 25.2. The fraction of sp³-hybridized carbons (Fsp3) is 0.317. The van der Waals surface area contributed by atoms with E-state index >= 15 is 0 Å². The average Bonchev–Trinajstić information content (AvgIpc) is 3.54. The molecule has 3 N–H and O–H groups in total. The summed E-state index contributed by atoms with van der Waals surface area (Å²) in [5.41, 5.74) is 8.24. The molecule has 0 atom stereocenters. The van der Waals surface area contributed by atoms with E-state index in [-0.39, 0.29) is 23.3 Å². The number of para-hydroxylation sites is 1. The second kappa shape index (κ2) is 31.2. The first-order valence-electron chi connectivity index (χ1n) is 25.8. The number of hydrogen-bond donors (Lipinski definition) is 3. The number of fused-ring (bicyclic) bond motifs is 2. The van der Waals surface area contributed by atoms with E-state index in [0.717, 1.165) is 110 Å². The van der Waals surface area contributed by atoms with Crippen LogP contribution in [-0.4, -0.2) is 69.7 Å². The fourth-order valence-corrected chi connectivity index (χ4v) is 9.80. The van der Waals surface area contributed by atoms with Crippen molar-refractivity contribution >= 4 is 55.1 Å². The monoisotopic (exact) mass is 1150 g/mol. The van der Waals surface area contributed by atoms with Crippen LogP contribution in [0.3, 0.4) is 0 Å². The molecule has 1 aliphatic carbocycles. The van der Waals surface area contributed by atoms with Crippen molar-refractivity contribution < 1.29 is 62.9 Å². The smallest absolute Gasteiger partial charge is 0.416 e. The zero-order valence-electron chi connectivity index (χ0n) is 44.3. The Kier molecular flexibility index (Phi) is 25.0. The van der Waals surface area contributed by atoms with E-state index in [4.69, 9.17) is 30.2 Å². The van der Waals surface area contributed by atoms with Crippen LogP contribution in [-0.2, 0) is 73.0 Å². The number of unbranched alkanes of at least 4 members (excludes halogenated alkanes) is 2. The van der Waals surface area contributed by atoms with Gasteiger partial charge in [0.2, 0.25) is 0 Å². The number of esters is 1. The van der Waals surface area contributed by atoms with Crippen molar-refractivity contribution in [2.24, 2.45) is 0 Å². The minimum absolute atomic E-state index is 0.0233. The van der Waals surface area contributed by atoms with E-state index in [1.165, 1.54) is 73.3 Å². The number of ether oxygens (including phenoxy) is 3. The van der Waals surface area contributed by atoms with Crippen molar-refractivity contribution in [3.8, 4) is 16.9 Å². The minimum atomic E-state index is -4.47. The van der Waals surface area contributed by atoms with E-state index in [1.54, 1.807) is 6.07 Å². The summed E-state index contributed by atoms with van der Waals surface area (Å²) in [7, 11) is -8.94. The van der Waals surface area contributed by atoms with Crippen molar-refractivity contribution in [1.29, 1.82) is 0 Å². The van der Waals surface area contributed by atoms with Crippen LogP contribution in [0.15, 0.2) is 149 Å². The molecule has 1 aliphatic rings. The summed E-state index contributed by atoms with van der Waals surface area (Å²) < 4.78 is 117. The molecule has 422 valence electrons. The molecule has 7 aromatic rings. The lowest BCUT2D eigenvalue weighted by Crippen LogP contribution is -2.20. The van der Waals surface area contributed by atoms with Gasteiger partial charge >= 0.3 is 12.1 Å². The number of alkyl halides is 3. The Balaban J connectivity index is 0.000000256. The fourth-order valence-electron chi connectivity index (χ4n) is 8.15. The number of benzene rings is 6. The molecule has 13 nitrogen and oxygen atoms in total. The highest BCUT2D eigenvalue weighted by molar-refractivity contribution is 7.86. The molecule has 0 aliphatic heterocycles. The Morgan fingerprint density at radius 3 is 1.92 bits per heavy atom. The van der Waals surface area contributed by atoms with Crippen molar-refractivity contribution in [1.82, 2.24) is 10.3 Å². The zero-order valence-corrected chi connectivity index (χ0v) is 46.7. The van der Waals surface area contributed by atoms with Gasteiger partial charge in [-0.2, -0.15) is 30.0 Å². The van der Waals surface area contributed by atoms with E-state index in [0.29, 0.717) is 35.8 Å². The first-order valence-corrected chi connectivity index (χ1v) is 29.1. The Labute approximate surface area is 466 Å². The maximum atomic E-state index is 12.9. The Bertz CT molecular complexity index is 3240. The molecule has 0 radical (unpaired) electrons. The number of aryl methyl sites for hydroxylation is 3. The Morgan fingerprint density at radius 1 is 0.709 bits per heavy atom. The molecule has 1 aromatic heterocycles. The van der Waals surface area contributed by atoms with Gasteiger partial charge in [0.15, 0.2) is 0 Å². The number of aromatic nitrogens is 1. The SMILES string of the molecule is CCCCOC(=O)c1ccc(CCNCCc2ccccc2OCc2ccc(-c3ccc(C(F)(F)F)cc3)cc2Cl)cc1.CCCCOC=O.Cc1ccc2c(n1)CCCC2.O=S(=O)(O)c1cccc2c(S(=O)(=O)O)cccc12. The first kappa shape index (κ1) is 63.2. The molecule has 0 spiro atoms.